The van der Waals surface area contributed by atoms with Crippen molar-refractivity contribution in [3.63, 3.8) is 0 Å². The molecule has 2 aliphatic rings. The first-order valence-electron chi connectivity index (χ1n) is 15.7. The van der Waals surface area contributed by atoms with Crippen LogP contribution in [0.1, 0.15) is 51.6 Å². The first-order valence-corrected chi connectivity index (χ1v) is 15.7. The van der Waals surface area contributed by atoms with Crippen LogP contribution in [0.2, 0.25) is 0 Å². The third kappa shape index (κ3) is 6.88. The van der Waals surface area contributed by atoms with E-state index >= 15 is 0 Å². The van der Waals surface area contributed by atoms with E-state index in [-0.39, 0.29) is 11.9 Å². The summed E-state index contributed by atoms with van der Waals surface area (Å²) in [4.78, 5) is 29.9. The highest BCUT2D eigenvalue weighted by atomic mass is 16.5. The van der Waals surface area contributed by atoms with Crippen LogP contribution >= 0.6 is 0 Å². The molecule has 2 aliphatic heterocycles. The molecule has 0 bridgehead atoms. The van der Waals surface area contributed by atoms with Crippen molar-refractivity contribution in [2.75, 3.05) is 57.2 Å². The van der Waals surface area contributed by atoms with Crippen LogP contribution in [0.15, 0.2) is 79.0 Å². The zero-order valence-electron chi connectivity index (χ0n) is 26.4. The van der Waals surface area contributed by atoms with E-state index in [4.69, 9.17) is 9.47 Å². The van der Waals surface area contributed by atoms with E-state index in [1.165, 1.54) is 11.3 Å². The highest BCUT2D eigenvalue weighted by Gasteiger charge is 2.36. The molecule has 3 heterocycles. The quantitative estimate of drug-likeness (QED) is 0.205. The van der Waals surface area contributed by atoms with Crippen molar-refractivity contribution >= 4 is 17.5 Å². The summed E-state index contributed by atoms with van der Waals surface area (Å²) in [6, 6.07) is 24.6. The maximum absolute atomic E-state index is 14.1. The number of amides is 1. The largest absolute Gasteiger partial charge is 0.493 e. The fraction of sp³-hybridized carbons (Fsp3) is 0.361. The van der Waals surface area contributed by atoms with E-state index in [9.17, 15) is 4.79 Å². The maximum atomic E-state index is 14.1. The Kier molecular flexibility index (Phi) is 9.45. The van der Waals surface area contributed by atoms with Gasteiger partial charge in [-0.05, 0) is 61.2 Å². The monoisotopic (exact) mass is 606 g/mol. The van der Waals surface area contributed by atoms with Crippen LogP contribution in [0.4, 0.5) is 11.6 Å². The number of aromatic nitrogens is 2. The van der Waals surface area contributed by atoms with E-state index < -0.39 is 0 Å². The molecule has 0 aliphatic carbocycles. The number of methoxy groups -OCH3 is 2. The standard InChI is InChI=1S/C36H42N6O3/c1-26-16-18-38-36(39-26)37-17-8-13-31(28-14-15-33(44-2)34(23-28)45-3)42-25-30-29(35(42)43)11-7-12-32(30)41-21-19-40(20-22-41)24-27-9-5-4-6-10-27/h4-7,9-12,14-16,18,23,31H,8,13,17,19-22,24-25H2,1-3H3,(H,37,38,39)/t31-/m1/s1. The van der Waals surface area contributed by atoms with E-state index in [1.54, 1.807) is 20.4 Å². The van der Waals surface area contributed by atoms with Crippen LogP contribution in [-0.4, -0.2) is 72.6 Å². The Hall–Kier alpha value is -4.63. The van der Waals surface area contributed by atoms with Crippen molar-refractivity contribution in [2.24, 2.45) is 0 Å². The maximum Gasteiger partial charge on any atom is 0.255 e. The first kappa shape index (κ1) is 30.4. The molecule has 6 rings (SSSR count). The molecule has 1 saturated heterocycles. The van der Waals surface area contributed by atoms with Gasteiger partial charge in [-0.3, -0.25) is 9.69 Å². The number of fused-ring (bicyclic) bond motifs is 1. The molecule has 234 valence electrons. The van der Waals surface area contributed by atoms with Gasteiger partial charge >= 0.3 is 0 Å². The Labute approximate surface area is 265 Å². The minimum Gasteiger partial charge on any atom is -0.493 e. The van der Waals surface area contributed by atoms with Gasteiger partial charge in [0.15, 0.2) is 11.5 Å². The lowest BCUT2D eigenvalue weighted by atomic mass is 9.99. The van der Waals surface area contributed by atoms with Gasteiger partial charge in [0.25, 0.3) is 5.91 Å². The predicted molar refractivity (Wildman–Crippen MR) is 177 cm³/mol. The topological polar surface area (TPSA) is 83.1 Å². The lowest BCUT2D eigenvalue weighted by Crippen LogP contribution is -2.46. The molecule has 1 fully saturated rings. The summed E-state index contributed by atoms with van der Waals surface area (Å²) in [6.45, 7) is 8.03. The number of anilines is 2. The molecule has 1 amide bonds. The minimum atomic E-state index is -0.138. The SMILES string of the molecule is COc1ccc([C@@H](CCCNc2nccc(C)n2)N2Cc3c(cccc3N3CCN(Cc4ccccc4)CC3)C2=O)cc1OC. The zero-order valence-corrected chi connectivity index (χ0v) is 26.4. The second-order valence-electron chi connectivity index (χ2n) is 11.7. The van der Waals surface area contributed by atoms with Gasteiger partial charge < -0.3 is 24.6 Å². The normalized spacial score (nSPS) is 15.6. The summed E-state index contributed by atoms with van der Waals surface area (Å²) < 4.78 is 11.2. The number of hydrogen-bond donors (Lipinski definition) is 1. The molecule has 4 aromatic rings. The predicted octanol–water partition coefficient (Wildman–Crippen LogP) is 5.71. The van der Waals surface area contributed by atoms with E-state index in [1.807, 2.05) is 48.2 Å². The number of hydrogen-bond acceptors (Lipinski definition) is 8. The van der Waals surface area contributed by atoms with Gasteiger partial charge in [0, 0.05) is 74.5 Å². The summed E-state index contributed by atoms with van der Waals surface area (Å²) in [5, 5.41) is 3.34. The smallest absolute Gasteiger partial charge is 0.255 e. The zero-order chi connectivity index (χ0) is 31.2. The molecule has 0 spiro atoms. The van der Waals surface area contributed by atoms with E-state index in [2.05, 4.69) is 61.5 Å². The number of aryl methyl sites for hydroxylation is 1. The summed E-state index contributed by atoms with van der Waals surface area (Å²) >= 11 is 0. The first-order chi connectivity index (χ1) is 22.0. The third-order valence-corrected chi connectivity index (χ3v) is 8.83. The average Bonchev–Trinajstić information content (AvgIpc) is 3.41. The molecule has 45 heavy (non-hydrogen) atoms. The molecule has 1 aromatic heterocycles. The number of benzene rings is 3. The van der Waals surface area contributed by atoms with Gasteiger partial charge in [0.2, 0.25) is 5.95 Å². The number of nitrogens with one attached hydrogen (secondary N) is 1. The number of rotatable bonds is 12. The molecule has 9 heteroatoms. The summed E-state index contributed by atoms with van der Waals surface area (Å²) in [6.07, 6.45) is 3.35. The van der Waals surface area contributed by atoms with E-state index in [0.717, 1.165) is 67.9 Å². The van der Waals surface area contributed by atoms with Gasteiger partial charge in [-0.1, -0.05) is 42.5 Å². The van der Waals surface area contributed by atoms with Crippen molar-refractivity contribution in [2.45, 2.75) is 38.9 Å². The molecule has 3 aromatic carbocycles. The molecule has 0 radical (unpaired) electrons. The minimum absolute atomic E-state index is 0.0734. The highest BCUT2D eigenvalue weighted by Crippen LogP contribution is 2.40. The fourth-order valence-electron chi connectivity index (χ4n) is 6.47. The lowest BCUT2D eigenvalue weighted by Gasteiger charge is -2.37. The summed E-state index contributed by atoms with van der Waals surface area (Å²) in [5.41, 5.74) is 6.38. The molecule has 0 unspecified atom stereocenters. The van der Waals surface area contributed by atoms with Gasteiger partial charge in [0.05, 0.1) is 20.3 Å². The van der Waals surface area contributed by atoms with Gasteiger partial charge in [-0.25, -0.2) is 9.97 Å². The van der Waals surface area contributed by atoms with Crippen LogP contribution < -0.4 is 19.7 Å². The van der Waals surface area contributed by atoms with Gasteiger partial charge in [-0.15, -0.1) is 0 Å². The number of nitrogens with zero attached hydrogens (tertiary/aromatic N) is 5. The lowest BCUT2D eigenvalue weighted by molar-refractivity contribution is 0.0690. The molecule has 9 nitrogen and oxygen atoms in total. The number of carbonyl (C=O) groups is 1. The van der Waals surface area contributed by atoms with Crippen LogP contribution in [0, 0.1) is 6.92 Å². The summed E-state index contributed by atoms with van der Waals surface area (Å²) in [7, 11) is 3.28. The summed E-state index contributed by atoms with van der Waals surface area (Å²) in [5.74, 6) is 2.02. The van der Waals surface area contributed by atoms with Crippen molar-refractivity contribution < 1.29 is 14.3 Å². The van der Waals surface area contributed by atoms with Crippen molar-refractivity contribution in [1.82, 2.24) is 19.8 Å². The molecule has 1 atom stereocenters. The number of carbonyl (C=O) groups excluding carboxylic acids is 1. The molecular weight excluding hydrogens is 564 g/mol. The number of piperazine rings is 1. The van der Waals surface area contributed by atoms with Crippen LogP contribution in [0.5, 0.6) is 11.5 Å². The molecule has 1 N–H and O–H groups in total. The Morgan fingerprint density at radius 1 is 0.911 bits per heavy atom. The van der Waals surface area contributed by atoms with Gasteiger partial charge in [-0.2, -0.15) is 0 Å². The van der Waals surface area contributed by atoms with Crippen LogP contribution in [0.3, 0.4) is 0 Å². The average molecular weight is 607 g/mol. The third-order valence-electron chi connectivity index (χ3n) is 8.83. The molecular formula is C36H42N6O3. The Morgan fingerprint density at radius 2 is 1.71 bits per heavy atom. The van der Waals surface area contributed by atoms with Crippen LogP contribution in [0.25, 0.3) is 0 Å². The second-order valence-corrected chi connectivity index (χ2v) is 11.7. The fourth-order valence-corrected chi connectivity index (χ4v) is 6.47. The number of ether oxygens (including phenoxy) is 2. The Bertz CT molecular complexity index is 1610. The van der Waals surface area contributed by atoms with Crippen LogP contribution in [-0.2, 0) is 13.1 Å². The van der Waals surface area contributed by atoms with E-state index in [0.29, 0.717) is 30.5 Å². The van der Waals surface area contributed by atoms with Crippen molar-refractivity contribution in [1.29, 1.82) is 0 Å². The Balaban J connectivity index is 1.19. The Morgan fingerprint density at radius 3 is 2.47 bits per heavy atom. The van der Waals surface area contributed by atoms with Crippen molar-refractivity contribution in [3.05, 3.63) is 107 Å². The molecule has 0 saturated carbocycles. The van der Waals surface area contributed by atoms with Gasteiger partial charge in [0.1, 0.15) is 0 Å². The van der Waals surface area contributed by atoms with Crippen molar-refractivity contribution in [3.8, 4) is 11.5 Å². The second kappa shape index (κ2) is 14.0. The highest BCUT2D eigenvalue weighted by molar-refractivity contribution is 6.00.